The molecule has 7 heteroatoms. The molecular weight excluding hydrogens is 382 g/mol. The third-order valence-corrected chi connectivity index (χ3v) is 5.06. The first kappa shape index (κ1) is 17.9. The van der Waals surface area contributed by atoms with Crippen LogP contribution in [-0.2, 0) is 0 Å². The molecule has 1 atom stereocenters. The van der Waals surface area contributed by atoms with E-state index in [4.69, 9.17) is 19.5 Å². The van der Waals surface area contributed by atoms with E-state index < -0.39 is 6.17 Å². The molecule has 0 saturated carbocycles. The van der Waals surface area contributed by atoms with E-state index in [1.807, 2.05) is 48.5 Å². The Hall–Kier alpha value is -4.18. The number of hydrogen-bond acceptors (Lipinski definition) is 6. The van der Waals surface area contributed by atoms with Crippen molar-refractivity contribution >= 4 is 17.3 Å². The van der Waals surface area contributed by atoms with Crippen LogP contribution in [0.3, 0.4) is 0 Å². The summed E-state index contributed by atoms with van der Waals surface area (Å²) >= 11 is 0. The first-order valence-corrected chi connectivity index (χ1v) is 9.43. The molecule has 0 aliphatic carbocycles. The minimum Gasteiger partial charge on any atom is -0.479 e. The van der Waals surface area contributed by atoms with Crippen molar-refractivity contribution in [1.29, 1.82) is 5.26 Å². The number of carbonyl (C=O) groups is 1. The van der Waals surface area contributed by atoms with Crippen LogP contribution in [0.1, 0.15) is 22.1 Å². The molecule has 0 saturated heterocycles. The number of fused-ring (bicyclic) bond motifs is 2. The number of nitriles is 1. The second-order valence-corrected chi connectivity index (χ2v) is 6.82. The van der Waals surface area contributed by atoms with Gasteiger partial charge in [0.25, 0.3) is 5.91 Å². The van der Waals surface area contributed by atoms with Crippen LogP contribution in [0.15, 0.2) is 66.7 Å². The summed E-state index contributed by atoms with van der Waals surface area (Å²) < 4.78 is 16.3. The van der Waals surface area contributed by atoms with Gasteiger partial charge in [-0.25, -0.2) is 0 Å². The van der Waals surface area contributed by atoms with Crippen LogP contribution in [-0.4, -0.2) is 19.3 Å². The Balaban J connectivity index is 1.56. The molecule has 3 aromatic carbocycles. The van der Waals surface area contributed by atoms with Crippen LogP contribution in [0.5, 0.6) is 17.2 Å². The molecule has 2 aliphatic heterocycles. The number of nitrogens with zero attached hydrogens (tertiary/aromatic N) is 2. The predicted molar refractivity (Wildman–Crippen MR) is 110 cm³/mol. The Morgan fingerprint density at radius 1 is 1.07 bits per heavy atom. The van der Waals surface area contributed by atoms with Crippen molar-refractivity contribution in [1.82, 2.24) is 0 Å². The van der Waals surface area contributed by atoms with Gasteiger partial charge in [0.05, 0.1) is 11.3 Å². The van der Waals surface area contributed by atoms with E-state index in [9.17, 15) is 4.79 Å². The van der Waals surface area contributed by atoms with Gasteiger partial charge < -0.3 is 19.5 Å². The summed E-state index contributed by atoms with van der Waals surface area (Å²) in [5, 5.41) is 12.1. The maximum Gasteiger partial charge on any atom is 0.262 e. The minimum atomic E-state index is -0.433. The highest BCUT2D eigenvalue weighted by Gasteiger charge is 2.34. The van der Waals surface area contributed by atoms with E-state index in [0.29, 0.717) is 28.5 Å². The summed E-state index contributed by atoms with van der Waals surface area (Å²) in [6, 6.07) is 22.2. The monoisotopic (exact) mass is 399 g/mol. The molecule has 1 N–H and O–H groups in total. The first-order chi connectivity index (χ1) is 14.7. The van der Waals surface area contributed by atoms with Crippen molar-refractivity contribution in [3.05, 3.63) is 77.9 Å². The van der Waals surface area contributed by atoms with Crippen molar-refractivity contribution in [2.45, 2.75) is 6.17 Å². The lowest BCUT2D eigenvalue weighted by atomic mass is 10.0. The predicted octanol–water partition coefficient (Wildman–Crippen LogP) is 4.09. The number of nitrogens with one attached hydrogen (secondary N) is 1. The summed E-state index contributed by atoms with van der Waals surface area (Å²) in [7, 11) is 0. The van der Waals surface area contributed by atoms with Gasteiger partial charge in [0, 0.05) is 11.8 Å². The average molecular weight is 399 g/mol. The summed E-state index contributed by atoms with van der Waals surface area (Å²) in [5.41, 5.74) is 2.94. The lowest BCUT2D eigenvalue weighted by Gasteiger charge is -2.38. The van der Waals surface area contributed by atoms with Gasteiger partial charge in [-0.2, -0.15) is 5.26 Å². The first-order valence-electron chi connectivity index (χ1n) is 9.43. The molecule has 0 unspecified atom stereocenters. The zero-order valence-electron chi connectivity index (χ0n) is 15.9. The SMILES string of the molecule is N#CCOc1ccc([C@H]2Nc3ccccc3C(=O)N2c2ccc3c(c2)OCO3)cc1. The minimum absolute atomic E-state index is 0.0177. The van der Waals surface area contributed by atoms with Gasteiger partial charge in [-0.3, -0.25) is 9.69 Å². The fourth-order valence-corrected chi connectivity index (χ4v) is 3.65. The number of rotatable bonds is 4. The molecule has 7 nitrogen and oxygen atoms in total. The van der Waals surface area contributed by atoms with Gasteiger partial charge in [-0.1, -0.05) is 24.3 Å². The van der Waals surface area contributed by atoms with Gasteiger partial charge >= 0.3 is 0 Å². The van der Waals surface area contributed by atoms with Crippen LogP contribution in [0.25, 0.3) is 0 Å². The number of hydrogen-bond donors (Lipinski definition) is 1. The average Bonchev–Trinajstić information content (AvgIpc) is 3.26. The highest BCUT2D eigenvalue weighted by Crippen LogP contribution is 2.41. The molecule has 0 bridgehead atoms. The standard InChI is InChI=1S/C23H17N3O4/c24-11-12-28-17-8-5-15(6-9-17)22-25-19-4-2-1-3-18(19)23(27)26(22)16-7-10-20-21(13-16)30-14-29-20/h1-10,13,22,25H,12,14H2/t22-/m0/s1. The maximum atomic E-state index is 13.5. The molecular formula is C23H17N3O4. The number of ether oxygens (including phenoxy) is 3. The zero-order valence-corrected chi connectivity index (χ0v) is 15.9. The molecule has 0 fully saturated rings. The van der Waals surface area contributed by atoms with Crippen molar-refractivity contribution in [3.63, 3.8) is 0 Å². The Bertz CT molecular complexity index is 1150. The van der Waals surface area contributed by atoms with Gasteiger partial charge in [0.1, 0.15) is 18.0 Å². The molecule has 1 amide bonds. The Labute approximate surface area is 173 Å². The van der Waals surface area contributed by atoms with Gasteiger partial charge in [-0.05, 0) is 42.0 Å². The van der Waals surface area contributed by atoms with E-state index in [1.165, 1.54) is 0 Å². The largest absolute Gasteiger partial charge is 0.479 e. The highest BCUT2D eigenvalue weighted by molar-refractivity contribution is 6.12. The molecule has 0 spiro atoms. The Kier molecular flexibility index (Phi) is 4.37. The van der Waals surface area contributed by atoms with Gasteiger partial charge in [-0.15, -0.1) is 0 Å². The van der Waals surface area contributed by atoms with E-state index >= 15 is 0 Å². The second-order valence-electron chi connectivity index (χ2n) is 6.82. The summed E-state index contributed by atoms with van der Waals surface area (Å²) in [6.45, 7) is 0.150. The van der Waals surface area contributed by atoms with Crippen LogP contribution in [0.4, 0.5) is 11.4 Å². The molecule has 0 aromatic heterocycles. The number of amides is 1. The second kappa shape index (κ2) is 7.33. The van der Waals surface area contributed by atoms with Crippen LogP contribution >= 0.6 is 0 Å². The topological polar surface area (TPSA) is 83.8 Å². The van der Waals surface area contributed by atoms with E-state index in [-0.39, 0.29) is 19.3 Å². The van der Waals surface area contributed by atoms with Crippen molar-refractivity contribution in [3.8, 4) is 23.3 Å². The van der Waals surface area contributed by atoms with E-state index in [1.54, 1.807) is 29.2 Å². The third-order valence-electron chi connectivity index (χ3n) is 5.06. The molecule has 0 radical (unpaired) electrons. The van der Waals surface area contributed by atoms with Crippen LogP contribution in [0, 0.1) is 11.3 Å². The number of benzene rings is 3. The fraction of sp³-hybridized carbons (Fsp3) is 0.130. The normalized spacial score (nSPS) is 16.4. The zero-order chi connectivity index (χ0) is 20.5. The smallest absolute Gasteiger partial charge is 0.262 e. The Morgan fingerprint density at radius 2 is 1.87 bits per heavy atom. The number of carbonyl (C=O) groups excluding carboxylic acids is 1. The van der Waals surface area contributed by atoms with Crippen molar-refractivity contribution in [2.24, 2.45) is 0 Å². The lowest BCUT2D eigenvalue weighted by Crippen LogP contribution is -2.43. The molecule has 2 aliphatic rings. The quantitative estimate of drug-likeness (QED) is 0.711. The molecule has 5 rings (SSSR count). The highest BCUT2D eigenvalue weighted by atomic mass is 16.7. The van der Waals surface area contributed by atoms with Gasteiger partial charge in [0.2, 0.25) is 6.79 Å². The third kappa shape index (κ3) is 3.05. The molecule has 2 heterocycles. The summed E-state index contributed by atoms with van der Waals surface area (Å²) in [4.78, 5) is 15.2. The number of para-hydroxylation sites is 1. The van der Waals surface area contributed by atoms with Crippen LogP contribution < -0.4 is 24.4 Å². The van der Waals surface area contributed by atoms with Gasteiger partial charge in [0.15, 0.2) is 18.1 Å². The fourth-order valence-electron chi connectivity index (χ4n) is 3.65. The van der Waals surface area contributed by atoms with Crippen LogP contribution in [0.2, 0.25) is 0 Å². The summed E-state index contributed by atoms with van der Waals surface area (Å²) in [6.07, 6.45) is -0.433. The molecule has 30 heavy (non-hydrogen) atoms. The molecule has 148 valence electrons. The maximum absolute atomic E-state index is 13.5. The molecule has 3 aromatic rings. The number of anilines is 2. The van der Waals surface area contributed by atoms with E-state index in [2.05, 4.69) is 5.32 Å². The van der Waals surface area contributed by atoms with Crippen molar-refractivity contribution < 1.29 is 19.0 Å². The van der Waals surface area contributed by atoms with Crippen molar-refractivity contribution in [2.75, 3.05) is 23.6 Å². The summed E-state index contributed by atoms with van der Waals surface area (Å²) in [5.74, 6) is 1.75. The Morgan fingerprint density at radius 3 is 2.70 bits per heavy atom. The lowest BCUT2D eigenvalue weighted by molar-refractivity contribution is 0.0975. The van der Waals surface area contributed by atoms with E-state index in [0.717, 1.165) is 11.3 Å².